The smallest absolute Gasteiger partial charge is 0.223 e. The number of hydrogen-bond donors (Lipinski definition) is 2. The Labute approximate surface area is 143 Å². The lowest BCUT2D eigenvalue weighted by Gasteiger charge is -2.15. The zero-order valence-electron chi connectivity index (χ0n) is 14.6. The first-order chi connectivity index (χ1) is 11.5. The fourth-order valence-corrected chi connectivity index (χ4v) is 2.78. The Hall–Kier alpha value is -2.18. The molecule has 2 rings (SSSR count). The third-order valence-corrected chi connectivity index (χ3v) is 3.94. The summed E-state index contributed by atoms with van der Waals surface area (Å²) < 4.78 is 0. The zero-order chi connectivity index (χ0) is 17.4. The van der Waals surface area contributed by atoms with Gasteiger partial charge in [-0.25, -0.2) is 9.97 Å². The van der Waals surface area contributed by atoms with Gasteiger partial charge in [0.05, 0.1) is 0 Å². The minimum atomic E-state index is 0.0471. The molecule has 0 saturated carbocycles. The van der Waals surface area contributed by atoms with Crippen molar-refractivity contribution >= 4 is 17.8 Å². The molecule has 2 N–H and O–H groups in total. The summed E-state index contributed by atoms with van der Waals surface area (Å²) in [7, 11) is 0. The van der Waals surface area contributed by atoms with Gasteiger partial charge in [0.25, 0.3) is 0 Å². The third kappa shape index (κ3) is 6.14. The molecule has 1 aromatic heterocycles. The molecule has 2 amide bonds. The molecule has 0 spiro atoms. The average molecular weight is 333 g/mol. The molecule has 0 bridgehead atoms. The van der Waals surface area contributed by atoms with Gasteiger partial charge < -0.3 is 15.5 Å². The maximum absolute atomic E-state index is 11.8. The molecule has 1 aliphatic rings. The van der Waals surface area contributed by atoms with Crippen molar-refractivity contribution < 1.29 is 9.59 Å². The number of carbonyl (C=O) groups excluding carboxylic acids is 2. The lowest BCUT2D eigenvalue weighted by Crippen LogP contribution is -2.30. The summed E-state index contributed by atoms with van der Waals surface area (Å²) >= 11 is 0. The fourth-order valence-electron chi connectivity index (χ4n) is 2.78. The molecule has 24 heavy (non-hydrogen) atoms. The predicted molar refractivity (Wildman–Crippen MR) is 92.7 cm³/mol. The van der Waals surface area contributed by atoms with Gasteiger partial charge in [-0.3, -0.25) is 9.59 Å². The minimum Gasteiger partial charge on any atom is -0.356 e. The standard InChI is InChI=1S/C17H27N5O2/c1-13-12-14(2)21-17(20-13)19-8-3-6-15(23)18-9-5-11-22-10-4-7-16(22)24/h12H,3-11H2,1-2H3,(H,18,23)(H,19,20,21). The van der Waals surface area contributed by atoms with E-state index in [0.717, 1.165) is 43.7 Å². The van der Waals surface area contributed by atoms with Gasteiger partial charge in [-0.05, 0) is 39.2 Å². The molecule has 1 saturated heterocycles. The Balaban J connectivity index is 1.52. The molecular weight excluding hydrogens is 306 g/mol. The predicted octanol–water partition coefficient (Wildman–Crippen LogP) is 1.41. The van der Waals surface area contributed by atoms with E-state index in [4.69, 9.17) is 0 Å². The Kier molecular flexibility index (Phi) is 6.96. The van der Waals surface area contributed by atoms with Crippen LogP contribution in [0.2, 0.25) is 0 Å². The van der Waals surface area contributed by atoms with Crippen molar-refractivity contribution in [3.05, 3.63) is 17.5 Å². The number of aryl methyl sites for hydroxylation is 2. The molecule has 0 atom stereocenters. The van der Waals surface area contributed by atoms with Crippen LogP contribution in [0.5, 0.6) is 0 Å². The van der Waals surface area contributed by atoms with Gasteiger partial charge in [0.2, 0.25) is 17.8 Å². The number of likely N-dealkylation sites (tertiary alicyclic amines) is 1. The van der Waals surface area contributed by atoms with E-state index in [-0.39, 0.29) is 11.8 Å². The maximum atomic E-state index is 11.8. The van der Waals surface area contributed by atoms with Gasteiger partial charge >= 0.3 is 0 Å². The van der Waals surface area contributed by atoms with Gasteiger partial charge in [-0.2, -0.15) is 0 Å². The zero-order valence-corrected chi connectivity index (χ0v) is 14.6. The summed E-state index contributed by atoms with van der Waals surface area (Å²) in [6.07, 6.45) is 3.64. The van der Waals surface area contributed by atoms with Crippen molar-refractivity contribution in [2.24, 2.45) is 0 Å². The van der Waals surface area contributed by atoms with Gasteiger partial charge in [0, 0.05) is 50.4 Å². The first kappa shape index (κ1) is 18.2. The molecule has 1 fully saturated rings. The van der Waals surface area contributed by atoms with Crippen molar-refractivity contribution in [3.63, 3.8) is 0 Å². The highest BCUT2D eigenvalue weighted by Gasteiger charge is 2.18. The molecule has 2 heterocycles. The number of anilines is 1. The molecule has 0 unspecified atom stereocenters. The lowest BCUT2D eigenvalue weighted by molar-refractivity contribution is -0.127. The van der Waals surface area contributed by atoms with Crippen LogP contribution in [-0.2, 0) is 9.59 Å². The highest BCUT2D eigenvalue weighted by molar-refractivity contribution is 5.78. The Morgan fingerprint density at radius 3 is 2.62 bits per heavy atom. The Bertz CT molecular complexity index is 556. The Morgan fingerprint density at radius 1 is 1.21 bits per heavy atom. The SMILES string of the molecule is Cc1cc(C)nc(NCCCC(=O)NCCCN2CCCC2=O)n1. The maximum Gasteiger partial charge on any atom is 0.223 e. The summed E-state index contributed by atoms with van der Waals surface area (Å²) in [5, 5.41) is 6.05. The number of carbonyl (C=O) groups is 2. The Morgan fingerprint density at radius 2 is 1.96 bits per heavy atom. The van der Waals surface area contributed by atoms with Gasteiger partial charge in [-0.15, -0.1) is 0 Å². The summed E-state index contributed by atoms with van der Waals surface area (Å²) in [5.41, 5.74) is 1.86. The van der Waals surface area contributed by atoms with Crippen LogP contribution < -0.4 is 10.6 Å². The number of hydrogen-bond acceptors (Lipinski definition) is 5. The topological polar surface area (TPSA) is 87.2 Å². The van der Waals surface area contributed by atoms with Crippen LogP contribution in [0.1, 0.15) is 43.5 Å². The van der Waals surface area contributed by atoms with E-state index in [0.29, 0.717) is 31.9 Å². The van der Waals surface area contributed by atoms with Crippen LogP contribution in [0.15, 0.2) is 6.07 Å². The molecular formula is C17H27N5O2. The van der Waals surface area contributed by atoms with Crippen LogP contribution in [0.3, 0.4) is 0 Å². The van der Waals surface area contributed by atoms with Gasteiger partial charge in [0.1, 0.15) is 0 Å². The first-order valence-electron chi connectivity index (χ1n) is 8.65. The average Bonchev–Trinajstić information content (AvgIpc) is 2.92. The van der Waals surface area contributed by atoms with Gasteiger partial charge in [0.15, 0.2) is 0 Å². The van der Waals surface area contributed by atoms with Crippen LogP contribution in [0.4, 0.5) is 5.95 Å². The van der Waals surface area contributed by atoms with E-state index < -0.39 is 0 Å². The van der Waals surface area contributed by atoms with Crippen molar-refractivity contribution in [2.45, 2.75) is 46.0 Å². The number of aromatic nitrogens is 2. The van der Waals surface area contributed by atoms with Crippen molar-refractivity contribution in [1.29, 1.82) is 0 Å². The second-order valence-electron chi connectivity index (χ2n) is 6.19. The van der Waals surface area contributed by atoms with Crippen LogP contribution in [-0.4, -0.2) is 52.9 Å². The van der Waals surface area contributed by atoms with Crippen molar-refractivity contribution in [3.8, 4) is 0 Å². The van der Waals surface area contributed by atoms with E-state index >= 15 is 0 Å². The largest absolute Gasteiger partial charge is 0.356 e. The molecule has 1 aliphatic heterocycles. The van der Waals surface area contributed by atoms with Crippen LogP contribution in [0.25, 0.3) is 0 Å². The normalized spacial score (nSPS) is 14.1. The van der Waals surface area contributed by atoms with Crippen LogP contribution in [0, 0.1) is 13.8 Å². The summed E-state index contributed by atoms with van der Waals surface area (Å²) in [5.74, 6) is 0.898. The molecule has 0 aromatic carbocycles. The number of nitrogens with zero attached hydrogens (tertiary/aromatic N) is 3. The molecule has 7 heteroatoms. The number of amides is 2. The first-order valence-corrected chi connectivity index (χ1v) is 8.65. The quantitative estimate of drug-likeness (QED) is 0.667. The molecule has 132 valence electrons. The summed E-state index contributed by atoms with van der Waals surface area (Å²) in [6, 6.07) is 1.92. The number of nitrogens with one attached hydrogen (secondary N) is 2. The van der Waals surface area contributed by atoms with Crippen molar-refractivity contribution in [2.75, 3.05) is 31.5 Å². The van der Waals surface area contributed by atoms with Crippen molar-refractivity contribution in [1.82, 2.24) is 20.2 Å². The highest BCUT2D eigenvalue weighted by atomic mass is 16.2. The lowest BCUT2D eigenvalue weighted by atomic mass is 10.3. The summed E-state index contributed by atoms with van der Waals surface area (Å²) in [4.78, 5) is 33.7. The van der Waals surface area contributed by atoms with Gasteiger partial charge in [-0.1, -0.05) is 0 Å². The van der Waals surface area contributed by atoms with E-state index in [1.807, 2.05) is 24.8 Å². The fraction of sp³-hybridized carbons (Fsp3) is 0.647. The monoisotopic (exact) mass is 333 g/mol. The molecule has 1 aromatic rings. The van der Waals surface area contributed by atoms with E-state index in [1.54, 1.807) is 0 Å². The second-order valence-corrected chi connectivity index (χ2v) is 6.19. The highest BCUT2D eigenvalue weighted by Crippen LogP contribution is 2.09. The van der Waals surface area contributed by atoms with E-state index in [1.165, 1.54) is 0 Å². The molecule has 0 aliphatic carbocycles. The molecule has 0 radical (unpaired) electrons. The molecule has 7 nitrogen and oxygen atoms in total. The third-order valence-electron chi connectivity index (χ3n) is 3.94. The number of rotatable bonds is 9. The second kappa shape index (κ2) is 9.20. The van der Waals surface area contributed by atoms with E-state index in [9.17, 15) is 9.59 Å². The van der Waals surface area contributed by atoms with E-state index in [2.05, 4.69) is 20.6 Å². The summed E-state index contributed by atoms with van der Waals surface area (Å²) in [6.45, 7) is 6.75. The van der Waals surface area contributed by atoms with Crippen LogP contribution >= 0.6 is 0 Å². The minimum absolute atomic E-state index is 0.0471.